The highest BCUT2D eigenvalue weighted by Crippen LogP contribution is 2.29. The molecular weight excluding hydrogens is 322 g/mol. The van der Waals surface area contributed by atoms with Crippen molar-refractivity contribution in [3.05, 3.63) is 70.8 Å². The molecular formula is C20H26ClNO2. The first kappa shape index (κ1) is 20.2. The van der Waals surface area contributed by atoms with Crippen molar-refractivity contribution in [1.82, 2.24) is 0 Å². The molecule has 2 aromatic rings. The molecule has 2 aromatic carbocycles. The average Bonchev–Trinajstić information content (AvgIpc) is 2.57. The number of carbonyl (C=O) groups is 1. The molecule has 4 heteroatoms. The van der Waals surface area contributed by atoms with Gasteiger partial charge in [0, 0.05) is 6.54 Å². The first-order valence-electron chi connectivity index (χ1n) is 7.89. The number of ether oxygens (including phenoxy) is 1. The molecule has 2 N–H and O–H groups in total. The molecule has 0 aliphatic carbocycles. The normalized spacial score (nSPS) is 10.8. The van der Waals surface area contributed by atoms with E-state index in [-0.39, 0.29) is 24.9 Å². The summed E-state index contributed by atoms with van der Waals surface area (Å²) in [5, 5.41) is 0. The zero-order chi connectivity index (χ0) is 16.9. The van der Waals surface area contributed by atoms with Crippen molar-refractivity contribution in [1.29, 1.82) is 0 Å². The highest BCUT2D eigenvalue weighted by atomic mass is 35.5. The molecule has 3 nitrogen and oxygen atoms in total. The predicted octanol–water partition coefficient (Wildman–Crippen LogP) is 3.63. The van der Waals surface area contributed by atoms with Crippen LogP contribution in [0.2, 0.25) is 0 Å². The maximum Gasteiger partial charge on any atom is 0.313 e. The molecule has 130 valence electrons. The molecule has 0 aliphatic rings. The summed E-state index contributed by atoms with van der Waals surface area (Å²) in [7, 11) is 1.43. The second-order valence-corrected chi connectivity index (χ2v) is 6.30. The summed E-state index contributed by atoms with van der Waals surface area (Å²) in [5.74, 6) is -0.249. The minimum atomic E-state index is -0.737. The Morgan fingerprint density at radius 3 is 1.58 bits per heavy atom. The Kier molecular flexibility index (Phi) is 7.46. The van der Waals surface area contributed by atoms with Gasteiger partial charge < -0.3 is 10.5 Å². The molecule has 0 unspecified atom stereocenters. The highest BCUT2D eigenvalue weighted by Gasteiger charge is 2.38. The number of benzene rings is 2. The van der Waals surface area contributed by atoms with Gasteiger partial charge >= 0.3 is 5.97 Å². The molecule has 2 rings (SSSR count). The van der Waals surface area contributed by atoms with E-state index < -0.39 is 5.41 Å². The predicted molar refractivity (Wildman–Crippen MR) is 101 cm³/mol. The van der Waals surface area contributed by atoms with Crippen LogP contribution in [0.25, 0.3) is 0 Å². The Hall–Kier alpha value is -1.84. The Morgan fingerprint density at radius 2 is 1.29 bits per heavy atom. The van der Waals surface area contributed by atoms with Crippen molar-refractivity contribution in [3.63, 3.8) is 0 Å². The summed E-state index contributed by atoms with van der Waals surface area (Å²) >= 11 is 0. The second kappa shape index (κ2) is 8.86. The van der Waals surface area contributed by atoms with Crippen molar-refractivity contribution < 1.29 is 9.53 Å². The van der Waals surface area contributed by atoms with Gasteiger partial charge in [0.15, 0.2) is 0 Å². The van der Waals surface area contributed by atoms with Crippen LogP contribution >= 0.6 is 12.4 Å². The quantitative estimate of drug-likeness (QED) is 0.812. The third kappa shape index (κ3) is 4.83. The van der Waals surface area contributed by atoms with Gasteiger partial charge in [-0.2, -0.15) is 0 Å². The molecule has 0 aliphatic heterocycles. The SMILES string of the molecule is COC(=O)C(CN)(Cc1ccc(C)cc1)Cc1ccc(C)cc1.Cl. The average molecular weight is 348 g/mol. The van der Waals surface area contributed by atoms with Gasteiger partial charge in [-0.15, -0.1) is 12.4 Å². The van der Waals surface area contributed by atoms with Crippen LogP contribution in [0.4, 0.5) is 0 Å². The van der Waals surface area contributed by atoms with Crippen molar-refractivity contribution >= 4 is 18.4 Å². The summed E-state index contributed by atoms with van der Waals surface area (Å²) < 4.78 is 5.08. The van der Waals surface area contributed by atoms with Crippen molar-refractivity contribution in [2.75, 3.05) is 13.7 Å². The van der Waals surface area contributed by atoms with E-state index in [2.05, 4.69) is 48.5 Å². The number of halogens is 1. The monoisotopic (exact) mass is 347 g/mol. The molecule has 24 heavy (non-hydrogen) atoms. The molecule has 0 spiro atoms. The molecule has 0 radical (unpaired) electrons. The number of nitrogens with two attached hydrogens (primary N) is 1. The van der Waals surface area contributed by atoms with Crippen LogP contribution in [0.15, 0.2) is 48.5 Å². The molecule has 0 atom stereocenters. The number of rotatable bonds is 6. The van der Waals surface area contributed by atoms with Crippen molar-refractivity contribution in [3.8, 4) is 0 Å². The Balaban J connectivity index is 0.00000288. The third-order valence-electron chi connectivity index (χ3n) is 4.34. The minimum absolute atomic E-state index is 0. The lowest BCUT2D eigenvalue weighted by atomic mass is 9.76. The highest BCUT2D eigenvalue weighted by molar-refractivity contribution is 5.85. The van der Waals surface area contributed by atoms with Gasteiger partial charge in [-0.25, -0.2) is 0 Å². The largest absolute Gasteiger partial charge is 0.469 e. The van der Waals surface area contributed by atoms with Gasteiger partial charge in [-0.3, -0.25) is 4.79 Å². The Morgan fingerprint density at radius 1 is 0.917 bits per heavy atom. The minimum Gasteiger partial charge on any atom is -0.469 e. The van der Waals surface area contributed by atoms with Crippen molar-refractivity contribution in [2.24, 2.45) is 11.1 Å². The number of hydrogen-bond acceptors (Lipinski definition) is 3. The Labute approximate surface area is 150 Å². The fourth-order valence-electron chi connectivity index (χ4n) is 2.84. The lowest BCUT2D eigenvalue weighted by Gasteiger charge is -2.30. The van der Waals surface area contributed by atoms with Gasteiger partial charge in [0.25, 0.3) is 0 Å². The number of methoxy groups -OCH3 is 1. The van der Waals surface area contributed by atoms with Crippen LogP contribution in [0, 0.1) is 19.3 Å². The second-order valence-electron chi connectivity index (χ2n) is 6.30. The first-order chi connectivity index (χ1) is 11.0. The maximum absolute atomic E-state index is 12.5. The van der Waals surface area contributed by atoms with Gasteiger partial charge in [-0.1, -0.05) is 59.7 Å². The van der Waals surface area contributed by atoms with Gasteiger partial charge in [0.05, 0.1) is 12.5 Å². The van der Waals surface area contributed by atoms with E-state index in [1.165, 1.54) is 18.2 Å². The van der Waals surface area contributed by atoms with Crippen LogP contribution in [0.5, 0.6) is 0 Å². The molecule has 0 saturated carbocycles. The van der Waals surface area contributed by atoms with E-state index in [1.807, 2.05) is 13.8 Å². The van der Waals surface area contributed by atoms with Crippen LogP contribution in [0.3, 0.4) is 0 Å². The summed E-state index contributed by atoms with van der Waals surface area (Å²) in [6.07, 6.45) is 1.15. The smallest absolute Gasteiger partial charge is 0.313 e. The first-order valence-corrected chi connectivity index (χ1v) is 7.89. The van der Waals surface area contributed by atoms with Crippen LogP contribution in [-0.4, -0.2) is 19.6 Å². The van der Waals surface area contributed by atoms with E-state index in [4.69, 9.17) is 10.5 Å². The standard InChI is InChI=1S/C20H25NO2.ClH/c1-15-4-8-17(9-5-15)12-20(14-21,19(22)23-3)13-18-10-6-16(2)7-11-18;/h4-11H,12-14,21H2,1-3H3;1H. The Bertz CT molecular complexity index is 603. The summed E-state index contributed by atoms with van der Waals surface area (Å²) in [6, 6.07) is 16.4. The number of aryl methyl sites for hydroxylation is 2. The fraction of sp³-hybridized carbons (Fsp3) is 0.350. The van der Waals surface area contributed by atoms with Crippen LogP contribution < -0.4 is 5.73 Å². The topological polar surface area (TPSA) is 52.3 Å². The molecule has 0 bridgehead atoms. The summed E-state index contributed by atoms with van der Waals surface area (Å²) in [4.78, 5) is 12.5. The number of carbonyl (C=O) groups excluding carboxylic acids is 1. The van der Waals surface area contributed by atoms with Crippen LogP contribution in [-0.2, 0) is 22.4 Å². The molecule has 0 saturated heterocycles. The molecule has 0 fully saturated rings. The van der Waals surface area contributed by atoms with E-state index >= 15 is 0 Å². The summed E-state index contributed by atoms with van der Waals surface area (Å²) in [6.45, 7) is 4.35. The van der Waals surface area contributed by atoms with Gasteiger partial charge in [0.1, 0.15) is 0 Å². The van der Waals surface area contributed by atoms with E-state index in [0.29, 0.717) is 12.8 Å². The van der Waals surface area contributed by atoms with Crippen LogP contribution in [0.1, 0.15) is 22.3 Å². The lowest BCUT2D eigenvalue weighted by Crippen LogP contribution is -2.43. The van der Waals surface area contributed by atoms with Gasteiger partial charge in [-0.05, 0) is 37.8 Å². The molecule has 0 amide bonds. The van der Waals surface area contributed by atoms with E-state index in [1.54, 1.807) is 0 Å². The molecule has 0 aromatic heterocycles. The summed E-state index contributed by atoms with van der Waals surface area (Å²) in [5.41, 5.74) is 9.89. The van der Waals surface area contributed by atoms with Gasteiger partial charge in [0.2, 0.25) is 0 Å². The zero-order valence-corrected chi connectivity index (χ0v) is 15.4. The lowest BCUT2D eigenvalue weighted by molar-refractivity contribution is -0.152. The molecule has 0 heterocycles. The third-order valence-corrected chi connectivity index (χ3v) is 4.34. The van der Waals surface area contributed by atoms with E-state index in [0.717, 1.165) is 11.1 Å². The number of hydrogen-bond donors (Lipinski definition) is 1. The zero-order valence-electron chi connectivity index (χ0n) is 14.5. The van der Waals surface area contributed by atoms with E-state index in [9.17, 15) is 4.79 Å². The maximum atomic E-state index is 12.5. The van der Waals surface area contributed by atoms with Crippen molar-refractivity contribution in [2.45, 2.75) is 26.7 Å². The number of esters is 1. The fourth-order valence-corrected chi connectivity index (χ4v) is 2.84.